The molecule has 2 heterocycles. The molecule has 2 fully saturated rings. The molecule has 0 spiro atoms. The third kappa shape index (κ3) is 2.97. The van der Waals surface area contributed by atoms with E-state index in [-0.39, 0.29) is 18.1 Å². The third-order valence-electron chi connectivity index (χ3n) is 4.58. The molecule has 1 amide bonds. The number of likely N-dealkylation sites (tertiary alicyclic amines) is 1. The van der Waals surface area contributed by atoms with E-state index in [0.29, 0.717) is 25.9 Å². The smallest absolute Gasteiger partial charge is 0.311 e. The van der Waals surface area contributed by atoms with Gasteiger partial charge in [-0.05, 0) is 39.0 Å². The first-order chi connectivity index (χ1) is 9.48. The van der Waals surface area contributed by atoms with Gasteiger partial charge in [-0.2, -0.15) is 0 Å². The van der Waals surface area contributed by atoms with Gasteiger partial charge in [-0.3, -0.25) is 9.59 Å². The van der Waals surface area contributed by atoms with Gasteiger partial charge in [-0.1, -0.05) is 13.3 Å². The number of rotatable bonds is 4. The van der Waals surface area contributed by atoms with Gasteiger partial charge in [0, 0.05) is 13.1 Å². The van der Waals surface area contributed by atoms with E-state index in [0.717, 1.165) is 25.7 Å². The van der Waals surface area contributed by atoms with Crippen molar-refractivity contribution in [2.75, 3.05) is 13.1 Å². The summed E-state index contributed by atoms with van der Waals surface area (Å²) in [4.78, 5) is 25.8. The minimum atomic E-state index is -0.766. The average Bonchev–Trinajstić information content (AvgIpc) is 2.85. The Labute approximate surface area is 120 Å². The Hall–Kier alpha value is -1.10. The maximum Gasteiger partial charge on any atom is 0.311 e. The summed E-state index contributed by atoms with van der Waals surface area (Å²) in [6.45, 7) is 4.96. The van der Waals surface area contributed by atoms with Gasteiger partial charge in [0.15, 0.2) is 0 Å². The zero-order chi connectivity index (χ0) is 14.8. The van der Waals surface area contributed by atoms with Crippen LogP contribution < -0.4 is 0 Å². The fourth-order valence-corrected chi connectivity index (χ4v) is 3.47. The van der Waals surface area contributed by atoms with Crippen LogP contribution in [0.25, 0.3) is 0 Å². The van der Waals surface area contributed by atoms with E-state index in [4.69, 9.17) is 4.74 Å². The largest absolute Gasteiger partial charge is 0.481 e. The van der Waals surface area contributed by atoms with E-state index in [1.807, 2.05) is 13.8 Å². The first kappa shape index (κ1) is 15.3. The summed E-state index contributed by atoms with van der Waals surface area (Å²) in [7, 11) is 0. The number of carbonyl (C=O) groups is 2. The van der Waals surface area contributed by atoms with E-state index in [1.54, 1.807) is 4.90 Å². The second-order valence-electron chi connectivity index (χ2n) is 6.21. The lowest BCUT2D eigenvalue weighted by Crippen LogP contribution is -2.52. The molecule has 0 radical (unpaired) electrons. The number of carboxylic acid groups (broad SMARTS) is 1. The van der Waals surface area contributed by atoms with Crippen molar-refractivity contribution in [3.8, 4) is 0 Å². The second-order valence-corrected chi connectivity index (χ2v) is 6.21. The lowest BCUT2D eigenvalue weighted by Gasteiger charge is -2.40. The molecular weight excluding hydrogens is 258 g/mol. The van der Waals surface area contributed by atoms with Gasteiger partial charge in [0.05, 0.1) is 11.5 Å². The van der Waals surface area contributed by atoms with E-state index in [1.165, 1.54) is 0 Å². The summed E-state index contributed by atoms with van der Waals surface area (Å²) in [6, 6.07) is 0. The number of carboxylic acids is 1. The van der Waals surface area contributed by atoms with E-state index in [2.05, 4.69) is 0 Å². The van der Waals surface area contributed by atoms with Crippen LogP contribution in [0.4, 0.5) is 0 Å². The minimum absolute atomic E-state index is 0.0178. The van der Waals surface area contributed by atoms with Gasteiger partial charge < -0.3 is 14.7 Å². The van der Waals surface area contributed by atoms with Crippen molar-refractivity contribution in [1.82, 2.24) is 4.90 Å². The number of piperidine rings is 1. The van der Waals surface area contributed by atoms with Crippen LogP contribution >= 0.6 is 0 Å². The fourth-order valence-electron chi connectivity index (χ4n) is 3.47. The van der Waals surface area contributed by atoms with Crippen LogP contribution in [0.15, 0.2) is 0 Å². The van der Waals surface area contributed by atoms with Crippen LogP contribution in [0.2, 0.25) is 0 Å². The molecule has 3 atom stereocenters. The van der Waals surface area contributed by atoms with E-state index >= 15 is 0 Å². The summed E-state index contributed by atoms with van der Waals surface area (Å²) in [6.07, 6.45) is 4.32. The molecule has 5 nitrogen and oxygen atoms in total. The number of ether oxygens (including phenoxy) is 1. The summed E-state index contributed by atoms with van der Waals surface area (Å²) >= 11 is 0. The summed E-state index contributed by atoms with van der Waals surface area (Å²) in [5.74, 6) is -0.784. The van der Waals surface area contributed by atoms with Crippen LogP contribution in [-0.4, -0.2) is 47.2 Å². The zero-order valence-corrected chi connectivity index (χ0v) is 12.4. The normalized spacial score (nSPS) is 34.2. The number of amides is 1. The summed E-state index contributed by atoms with van der Waals surface area (Å²) in [5.41, 5.74) is -0.757. The first-order valence-corrected chi connectivity index (χ1v) is 7.66. The van der Waals surface area contributed by atoms with Gasteiger partial charge in [-0.25, -0.2) is 0 Å². The Morgan fingerprint density at radius 2 is 2.15 bits per heavy atom. The number of nitrogens with zero attached hydrogens (tertiary/aromatic N) is 1. The van der Waals surface area contributed by atoms with Gasteiger partial charge in [-0.15, -0.1) is 0 Å². The quantitative estimate of drug-likeness (QED) is 0.857. The van der Waals surface area contributed by atoms with Gasteiger partial charge in [0.25, 0.3) is 5.91 Å². The maximum absolute atomic E-state index is 12.5. The van der Waals surface area contributed by atoms with Crippen LogP contribution in [-0.2, 0) is 14.3 Å². The predicted molar refractivity (Wildman–Crippen MR) is 74.4 cm³/mol. The van der Waals surface area contributed by atoms with Gasteiger partial charge in [0.2, 0.25) is 0 Å². The Bertz CT molecular complexity index is 380. The SMILES string of the molecule is CCCC1(C(=O)O)CCCN(C(=O)C2CCC(C)O2)C1. The molecule has 114 valence electrons. The fraction of sp³-hybridized carbons (Fsp3) is 0.867. The molecule has 5 heteroatoms. The Morgan fingerprint density at radius 3 is 2.70 bits per heavy atom. The van der Waals surface area contributed by atoms with Crippen LogP contribution in [0.1, 0.15) is 52.4 Å². The molecule has 0 aliphatic carbocycles. The molecule has 0 aromatic heterocycles. The Balaban J connectivity index is 2.05. The molecule has 2 aliphatic rings. The standard InChI is InChI=1S/C15H25NO4/c1-3-7-15(14(18)19)8-4-9-16(10-15)13(17)12-6-5-11(2)20-12/h11-12H,3-10H2,1-2H3,(H,18,19). The van der Waals surface area contributed by atoms with Crippen molar-refractivity contribution in [3.05, 3.63) is 0 Å². The molecule has 0 aromatic carbocycles. The highest BCUT2D eigenvalue weighted by Gasteiger charge is 2.44. The molecule has 3 unspecified atom stereocenters. The number of carbonyl (C=O) groups excluding carboxylic acids is 1. The topological polar surface area (TPSA) is 66.8 Å². The van der Waals surface area contributed by atoms with Crippen molar-refractivity contribution in [2.24, 2.45) is 5.41 Å². The van der Waals surface area contributed by atoms with Crippen molar-refractivity contribution < 1.29 is 19.4 Å². The third-order valence-corrected chi connectivity index (χ3v) is 4.58. The first-order valence-electron chi connectivity index (χ1n) is 7.66. The number of hydrogen-bond donors (Lipinski definition) is 1. The molecule has 2 rings (SSSR count). The van der Waals surface area contributed by atoms with Gasteiger partial charge >= 0.3 is 5.97 Å². The lowest BCUT2D eigenvalue weighted by molar-refractivity contribution is -0.158. The molecule has 1 N–H and O–H groups in total. The highest BCUT2D eigenvalue weighted by Crippen LogP contribution is 2.36. The Morgan fingerprint density at radius 1 is 1.40 bits per heavy atom. The highest BCUT2D eigenvalue weighted by molar-refractivity contribution is 5.83. The van der Waals surface area contributed by atoms with Crippen LogP contribution in [0.3, 0.4) is 0 Å². The van der Waals surface area contributed by atoms with Crippen LogP contribution in [0, 0.1) is 5.41 Å². The minimum Gasteiger partial charge on any atom is -0.481 e. The van der Waals surface area contributed by atoms with Crippen molar-refractivity contribution in [2.45, 2.75) is 64.6 Å². The number of aliphatic carboxylic acids is 1. The predicted octanol–water partition coefficient (Wildman–Crippen LogP) is 2.05. The van der Waals surface area contributed by atoms with E-state index < -0.39 is 11.4 Å². The molecule has 2 saturated heterocycles. The Kier molecular flexibility index (Phi) is 4.68. The van der Waals surface area contributed by atoms with Crippen LogP contribution in [0.5, 0.6) is 0 Å². The highest BCUT2D eigenvalue weighted by atomic mass is 16.5. The van der Waals surface area contributed by atoms with Crippen molar-refractivity contribution in [3.63, 3.8) is 0 Å². The molecule has 0 bridgehead atoms. The van der Waals surface area contributed by atoms with Crippen molar-refractivity contribution >= 4 is 11.9 Å². The lowest BCUT2D eigenvalue weighted by atomic mass is 9.76. The van der Waals surface area contributed by atoms with E-state index in [9.17, 15) is 14.7 Å². The molecule has 0 aromatic rings. The molecule has 20 heavy (non-hydrogen) atoms. The summed E-state index contributed by atoms with van der Waals surface area (Å²) in [5, 5.41) is 9.56. The second kappa shape index (κ2) is 6.12. The van der Waals surface area contributed by atoms with Crippen molar-refractivity contribution in [1.29, 1.82) is 0 Å². The molecule has 0 saturated carbocycles. The summed E-state index contributed by atoms with van der Waals surface area (Å²) < 4.78 is 5.63. The number of hydrogen-bond acceptors (Lipinski definition) is 3. The maximum atomic E-state index is 12.5. The monoisotopic (exact) mass is 283 g/mol. The average molecular weight is 283 g/mol. The molecular formula is C15H25NO4. The zero-order valence-electron chi connectivity index (χ0n) is 12.4. The van der Waals surface area contributed by atoms with Gasteiger partial charge in [0.1, 0.15) is 6.10 Å². The molecule has 2 aliphatic heterocycles.